The molecule has 126 valence electrons. The Hall–Kier alpha value is -0.840. The second-order valence-corrected chi connectivity index (χ2v) is 7.54. The Morgan fingerprint density at radius 1 is 1.26 bits per heavy atom. The number of para-hydroxylation sites is 1. The van der Waals surface area contributed by atoms with Crippen molar-refractivity contribution in [3.05, 3.63) is 29.3 Å². The molecule has 2 fully saturated rings. The maximum atomic E-state index is 6.19. The first-order valence-corrected chi connectivity index (χ1v) is 9.53. The number of piperidine rings is 2. The van der Waals surface area contributed by atoms with Gasteiger partial charge in [-0.2, -0.15) is 0 Å². The molecule has 3 rings (SSSR count). The van der Waals surface area contributed by atoms with Gasteiger partial charge in [-0.25, -0.2) is 0 Å². The first-order chi connectivity index (χ1) is 11.2. The summed E-state index contributed by atoms with van der Waals surface area (Å²) in [4.78, 5) is 2.74. The fraction of sp³-hybridized carbons (Fsp3) is 0.611. The average molecular weight is 352 g/mol. The van der Waals surface area contributed by atoms with Crippen LogP contribution in [0.15, 0.2) is 24.3 Å². The van der Waals surface area contributed by atoms with Crippen molar-refractivity contribution in [2.24, 2.45) is 0 Å². The topological polar surface area (TPSA) is 27.3 Å². The van der Waals surface area contributed by atoms with Crippen molar-refractivity contribution in [1.82, 2.24) is 10.2 Å². The summed E-state index contributed by atoms with van der Waals surface area (Å²) in [6, 6.07) is 9.64. The van der Waals surface area contributed by atoms with Crippen LogP contribution in [0.3, 0.4) is 0 Å². The molecular weight excluding hydrogens is 326 g/mol. The van der Waals surface area contributed by atoms with E-state index in [9.17, 15) is 0 Å². The quantitative estimate of drug-likeness (QED) is 0.785. The summed E-state index contributed by atoms with van der Waals surface area (Å²) < 4.78 is 0. The zero-order valence-corrected chi connectivity index (χ0v) is 15.3. The van der Waals surface area contributed by atoms with Gasteiger partial charge in [0.2, 0.25) is 0 Å². The molecule has 0 amide bonds. The summed E-state index contributed by atoms with van der Waals surface area (Å²) in [5.41, 5.74) is 0.871. The lowest BCUT2D eigenvalue weighted by Crippen LogP contribution is -2.57. The minimum Gasteiger partial charge on any atom is -0.360 e. The summed E-state index contributed by atoms with van der Waals surface area (Å²) in [5.74, 6) is 0. The van der Waals surface area contributed by atoms with Gasteiger partial charge < -0.3 is 10.6 Å². The lowest BCUT2D eigenvalue weighted by atomic mass is 9.81. The molecule has 1 aromatic rings. The summed E-state index contributed by atoms with van der Waals surface area (Å²) in [6.45, 7) is 3.52. The molecule has 5 heteroatoms. The van der Waals surface area contributed by atoms with E-state index in [1.165, 1.54) is 45.1 Å². The highest BCUT2D eigenvalue weighted by atomic mass is 35.5. The van der Waals surface area contributed by atoms with Gasteiger partial charge in [0, 0.05) is 18.1 Å². The Kier molecular flexibility index (Phi) is 5.78. The van der Waals surface area contributed by atoms with Crippen molar-refractivity contribution in [2.45, 2.75) is 63.6 Å². The fourth-order valence-electron chi connectivity index (χ4n) is 4.13. The molecular formula is C18H26ClN3S. The van der Waals surface area contributed by atoms with Gasteiger partial charge in [-0.05, 0) is 63.0 Å². The Balaban J connectivity index is 1.57. The molecule has 2 aliphatic heterocycles. The fourth-order valence-corrected chi connectivity index (χ4v) is 4.59. The van der Waals surface area contributed by atoms with Crippen LogP contribution >= 0.6 is 23.8 Å². The van der Waals surface area contributed by atoms with Gasteiger partial charge in [0.05, 0.1) is 10.7 Å². The standard InChI is InChI=1S/C18H26ClN3S/c1-2-10-22-14-6-5-7-15(22)12-13(11-14)20-18(23)21-17-9-4-3-8-16(17)19/h3-4,8-9,13-15H,2,5-7,10-12H2,1H3,(H2,20,21,23). The van der Waals surface area contributed by atoms with Gasteiger partial charge in [-0.15, -0.1) is 0 Å². The second-order valence-electron chi connectivity index (χ2n) is 6.72. The van der Waals surface area contributed by atoms with Gasteiger partial charge >= 0.3 is 0 Å². The summed E-state index contributed by atoms with van der Waals surface area (Å²) in [7, 11) is 0. The van der Waals surface area contributed by atoms with Gasteiger partial charge in [0.15, 0.2) is 5.11 Å². The first-order valence-electron chi connectivity index (χ1n) is 8.75. The molecule has 2 aliphatic rings. The zero-order chi connectivity index (χ0) is 16.2. The van der Waals surface area contributed by atoms with E-state index >= 15 is 0 Å². The molecule has 3 nitrogen and oxygen atoms in total. The van der Waals surface area contributed by atoms with Crippen LogP contribution in [0.5, 0.6) is 0 Å². The largest absolute Gasteiger partial charge is 0.360 e. The number of anilines is 1. The van der Waals surface area contributed by atoms with E-state index in [-0.39, 0.29) is 0 Å². The maximum absolute atomic E-state index is 6.19. The van der Waals surface area contributed by atoms with E-state index in [0.29, 0.717) is 16.2 Å². The molecule has 0 spiro atoms. The molecule has 2 N–H and O–H groups in total. The van der Waals surface area contributed by atoms with E-state index in [2.05, 4.69) is 22.5 Å². The Morgan fingerprint density at radius 3 is 2.61 bits per heavy atom. The van der Waals surface area contributed by atoms with Crippen LogP contribution in [0.25, 0.3) is 0 Å². The van der Waals surface area contributed by atoms with Crippen molar-refractivity contribution < 1.29 is 0 Å². The molecule has 2 heterocycles. The number of fused-ring (bicyclic) bond motifs is 2. The molecule has 2 atom stereocenters. The molecule has 1 aromatic carbocycles. The maximum Gasteiger partial charge on any atom is 0.171 e. The average Bonchev–Trinajstić information content (AvgIpc) is 2.50. The monoisotopic (exact) mass is 351 g/mol. The number of hydrogen-bond acceptors (Lipinski definition) is 2. The smallest absolute Gasteiger partial charge is 0.171 e. The van der Waals surface area contributed by atoms with Crippen molar-refractivity contribution in [3.63, 3.8) is 0 Å². The lowest BCUT2D eigenvalue weighted by molar-refractivity contribution is 0.0284. The summed E-state index contributed by atoms with van der Waals surface area (Å²) in [5, 5.41) is 8.14. The van der Waals surface area contributed by atoms with Crippen molar-refractivity contribution in [1.29, 1.82) is 0 Å². The summed E-state index contributed by atoms with van der Waals surface area (Å²) >= 11 is 11.7. The first kappa shape index (κ1) is 17.0. The van der Waals surface area contributed by atoms with Gasteiger partial charge in [-0.3, -0.25) is 4.90 Å². The van der Waals surface area contributed by atoms with E-state index < -0.39 is 0 Å². The highest BCUT2D eigenvalue weighted by Gasteiger charge is 2.37. The number of nitrogens with one attached hydrogen (secondary N) is 2. The minimum atomic E-state index is 0.473. The second kappa shape index (κ2) is 7.82. The van der Waals surface area contributed by atoms with Crippen LogP contribution in [0.2, 0.25) is 5.02 Å². The molecule has 0 radical (unpaired) electrons. The minimum absolute atomic E-state index is 0.473. The van der Waals surface area contributed by atoms with Gasteiger partial charge in [0.25, 0.3) is 0 Å². The third kappa shape index (κ3) is 4.17. The zero-order valence-electron chi connectivity index (χ0n) is 13.7. The van der Waals surface area contributed by atoms with Crippen molar-refractivity contribution in [3.8, 4) is 0 Å². The Labute approximate surface area is 149 Å². The Morgan fingerprint density at radius 2 is 1.96 bits per heavy atom. The number of benzene rings is 1. The van der Waals surface area contributed by atoms with Crippen LogP contribution in [-0.2, 0) is 0 Å². The highest BCUT2D eigenvalue weighted by Crippen LogP contribution is 2.34. The molecule has 2 unspecified atom stereocenters. The van der Waals surface area contributed by atoms with E-state index in [1.807, 2.05) is 24.3 Å². The number of rotatable bonds is 4. The van der Waals surface area contributed by atoms with Crippen LogP contribution < -0.4 is 10.6 Å². The molecule has 23 heavy (non-hydrogen) atoms. The van der Waals surface area contributed by atoms with Crippen LogP contribution in [-0.4, -0.2) is 34.7 Å². The predicted molar refractivity (Wildman–Crippen MR) is 102 cm³/mol. The van der Waals surface area contributed by atoms with E-state index in [4.69, 9.17) is 23.8 Å². The molecule has 0 aromatic heterocycles. The normalized spacial score (nSPS) is 27.5. The van der Waals surface area contributed by atoms with Crippen LogP contribution in [0.4, 0.5) is 5.69 Å². The third-order valence-corrected chi connectivity index (χ3v) is 5.61. The van der Waals surface area contributed by atoms with Crippen LogP contribution in [0, 0.1) is 0 Å². The summed E-state index contributed by atoms with van der Waals surface area (Å²) in [6.07, 6.45) is 7.68. The number of thiocarbonyl (C=S) groups is 1. The number of halogens is 1. The van der Waals surface area contributed by atoms with Crippen molar-refractivity contribution in [2.75, 3.05) is 11.9 Å². The highest BCUT2D eigenvalue weighted by molar-refractivity contribution is 7.80. The predicted octanol–water partition coefficient (Wildman–Crippen LogP) is 4.42. The van der Waals surface area contributed by atoms with E-state index in [1.54, 1.807) is 0 Å². The lowest BCUT2D eigenvalue weighted by Gasteiger charge is -2.49. The van der Waals surface area contributed by atoms with Crippen molar-refractivity contribution >= 4 is 34.6 Å². The SMILES string of the molecule is CCCN1C2CCCC1CC(NC(=S)Nc1ccccc1Cl)C2. The van der Waals surface area contributed by atoms with Gasteiger partial charge in [-0.1, -0.05) is 37.1 Å². The van der Waals surface area contributed by atoms with Gasteiger partial charge in [0.1, 0.15) is 0 Å². The van der Waals surface area contributed by atoms with Crippen LogP contribution in [0.1, 0.15) is 45.4 Å². The Bertz CT molecular complexity index is 537. The molecule has 0 saturated carbocycles. The molecule has 0 aliphatic carbocycles. The molecule has 2 saturated heterocycles. The van der Waals surface area contributed by atoms with E-state index in [0.717, 1.165) is 17.8 Å². The number of nitrogens with zero attached hydrogens (tertiary/aromatic N) is 1. The molecule has 2 bridgehead atoms. The third-order valence-electron chi connectivity index (χ3n) is 5.06. The number of hydrogen-bond donors (Lipinski definition) is 2.